The van der Waals surface area contributed by atoms with Crippen molar-refractivity contribution in [3.8, 4) is 0 Å². The number of rotatable bonds is 4. The zero-order chi connectivity index (χ0) is 20.5. The van der Waals surface area contributed by atoms with Gasteiger partial charge in [0, 0.05) is 31.1 Å². The molecule has 1 fully saturated rings. The lowest BCUT2D eigenvalue weighted by Gasteiger charge is -2.13. The Morgan fingerprint density at radius 3 is 2.68 bits per heavy atom. The van der Waals surface area contributed by atoms with E-state index in [1.165, 1.54) is 23.5 Å². The van der Waals surface area contributed by atoms with Gasteiger partial charge < -0.3 is 10.2 Å². The molecule has 1 saturated heterocycles. The van der Waals surface area contributed by atoms with Crippen LogP contribution in [0.5, 0.6) is 0 Å². The molecule has 2 heterocycles. The van der Waals surface area contributed by atoms with Crippen LogP contribution >= 0.6 is 11.3 Å². The van der Waals surface area contributed by atoms with Gasteiger partial charge in [-0.2, -0.15) is 8.42 Å². The van der Waals surface area contributed by atoms with Gasteiger partial charge in [-0.05, 0) is 24.6 Å². The van der Waals surface area contributed by atoms with Crippen molar-refractivity contribution in [2.75, 3.05) is 18.9 Å². The SMILES string of the molecule is CN1CCC/C1=N\S(=O)(=O)c1cccc(NC(=O)c2cnc(C(C)(C)C)s2)c1. The fraction of sp³-hybridized carbons (Fsp3) is 0.421. The van der Waals surface area contributed by atoms with Crippen LogP contribution in [-0.2, 0) is 15.4 Å². The van der Waals surface area contributed by atoms with Gasteiger partial charge in [0.2, 0.25) is 0 Å². The summed E-state index contributed by atoms with van der Waals surface area (Å²) >= 11 is 1.33. The summed E-state index contributed by atoms with van der Waals surface area (Å²) in [5, 5.41) is 3.61. The number of hydrogen-bond donors (Lipinski definition) is 1. The Morgan fingerprint density at radius 2 is 2.07 bits per heavy atom. The zero-order valence-electron chi connectivity index (χ0n) is 16.4. The fourth-order valence-corrected chi connectivity index (χ4v) is 4.76. The zero-order valence-corrected chi connectivity index (χ0v) is 18.0. The first-order chi connectivity index (χ1) is 13.1. The van der Waals surface area contributed by atoms with Crippen molar-refractivity contribution in [1.29, 1.82) is 0 Å². The van der Waals surface area contributed by atoms with Crippen molar-refractivity contribution in [1.82, 2.24) is 9.88 Å². The van der Waals surface area contributed by atoms with E-state index in [-0.39, 0.29) is 16.2 Å². The van der Waals surface area contributed by atoms with Crippen molar-refractivity contribution in [3.63, 3.8) is 0 Å². The fourth-order valence-electron chi connectivity index (χ4n) is 2.75. The number of sulfonamides is 1. The van der Waals surface area contributed by atoms with Crippen LogP contribution in [-0.4, -0.2) is 43.6 Å². The van der Waals surface area contributed by atoms with Gasteiger partial charge in [0.15, 0.2) is 0 Å². The minimum Gasteiger partial charge on any atom is -0.362 e. The van der Waals surface area contributed by atoms with Gasteiger partial charge in [-0.15, -0.1) is 15.7 Å². The maximum absolute atomic E-state index is 12.6. The van der Waals surface area contributed by atoms with E-state index in [0.29, 0.717) is 22.8 Å². The number of nitrogens with zero attached hydrogens (tertiary/aromatic N) is 3. The van der Waals surface area contributed by atoms with Crippen LogP contribution in [0, 0.1) is 0 Å². The van der Waals surface area contributed by atoms with Gasteiger partial charge in [-0.1, -0.05) is 26.8 Å². The predicted octanol–water partition coefficient (Wildman–Crippen LogP) is 3.51. The average molecular weight is 421 g/mol. The molecule has 1 N–H and O–H groups in total. The number of carbonyl (C=O) groups is 1. The van der Waals surface area contributed by atoms with E-state index in [1.54, 1.807) is 18.3 Å². The second kappa shape index (κ2) is 7.63. The van der Waals surface area contributed by atoms with Crippen LogP contribution < -0.4 is 5.32 Å². The van der Waals surface area contributed by atoms with Crippen LogP contribution in [0.25, 0.3) is 0 Å². The van der Waals surface area contributed by atoms with E-state index in [9.17, 15) is 13.2 Å². The Hall–Kier alpha value is -2.26. The molecule has 150 valence electrons. The van der Waals surface area contributed by atoms with Gasteiger partial charge in [-0.3, -0.25) is 4.79 Å². The van der Waals surface area contributed by atoms with Crippen molar-refractivity contribution >= 4 is 38.8 Å². The molecule has 1 aromatic carbocycles. The van der Waals surface area contributed by atoms with Gasteiger partial charge in [0.25, 0.3) is 15.9 Å². The monoisotopic (exact) mass is 420 g/mol. The van der Waals surface area contributed by atoms with E-state index < -0.39 is 10.0 Å². The van der Waals surface area contributed by atoms with Crippen molar-refractivity contribution in [3.05, 3.63) is 40.3 Å². The molecule has 1 aromatic heterocycles. The number of benzene rings is 1. The van der Waals surface area contributed by atoms with Crippen LogP contribution in [0.2, 0.25) is 0 Å². The topological polar surface area (TPSA) is 91.7 Å². The van der Waals surface area contributed by atoms with Crippen LogP contribution in [0.15, 0.2) is 39.8 Å². The third-order valence-corrected chi connectivity index (χ3v) is 7.04. The minimum absolute atomic E-state index is 0.0535. The molecule has 7 nitrogen and oxygen atoms in total. The molecule has 3 rings (SSSR count). The van der Waals surface area contributed by atoms with E-state index in [4.69, 9.17) is 0 Å². The molecule has 0 spiro atoms. The van der Waals surface area contributed by atoms with Crippen LogP contribution in [0.1, 0.15) is 48.3 Å². The summed E-state index contributed by atoms with van der Waals surface area (Å²) in [6, 6.07) is 6.15. The summed E-state index contributed by atoms with van der Waals surface area (Å²) in [5.74, 6) is 0.248. The molecule has 0 radical (unpaired) electrons. The normalized spacial score (nSPS) is 16.6. The molecular formula is C19H24N4O3S2. The first kappa shape index (κ1) is 20.5. The lowest BCUT2D eigenvalue weighted by atomic mass is 9.98. The Kier molecular flexibility index (Phi) is 5.58. The molecule has 0 aliphatic carbocycles. The Balaban J connectivity index is 1.80. The van der Waals surface area contributed by atoms with Gasteiger partial charge in [0.05, 0.1) is 16.1 Å². The number of hydrogen-bond acceptors (Lipinski definition) is 5. The summed E-state index contributed by atoms with van der Waals surface area (Å²) in [6.07, 6.45) is 3.09. The highest BCUT2D eigenvalue weighted by molar-refractivity contribution is 7.90. The average Bonchev–Trinajstić information content (AvgIpc) is 3.24. The third-order valence-electron chi connectivity index (χ3n) is 4.32. The first-order valence-electron chi connectivity index (χ1n) is 8.99. The highest BCUT2D eigenvalue weighted by Crippen LogP contribution is 2.27. The second-order valence-electron chi connectivity index (χ2n) is 7.77. The molecule has 0 unspecified atom stereocenters. The lowest BCUT2D eigenvalue weighted by molar-refractivity contribution is 0.103. The molecule has 1 amide bonds. The molecular weight excluding hydrogens is 396 g/mol. The number of amidine groups is 1. The number of anilines is 1. The summed E-state index contributed by atoms with van der Waals surface area (Å²) in [6.45, 7) is 6.90. The Labute approximate surface area is 169 Å². The van der Waals surface area contributed by atoms with Crippen molar-refractivity contribution < 1.29 is 13.2 Å². The van der Waals surface area contributed by atoms with Crippen molar-refractivity contribution in [2.45, 2.75) is 43.9 Å². The molecule has 0 saturated carbocycles. The summed E-state index contributed by atoms with van der Waals surface area (Å²) in [5.41, 5.74) is 0.265. The van der Waals surface area contributed by atoms with Gasteiger partial charge >= 0.3 is 0 Å². The number of likely N-dealkylation sites (tertiary alicyclic amines) is 1. The number of amides is 1. The maximum Gasteiger partial charge on any atom is 0.284 e. The minimum atomic E-state index is -3.83. The Bertz CT molecular complexity index is 1020. The van der Waals surface area contributed by atoms with E-state index in [1.807, 2.05) is 32.7 Å². The largest absolute Gasteiger partial charge is 0.362 e. The summed E-state index contributed by atoms with van der Waals surface area (Å²) in [7, 11) is -2.00. The van der Waals surface area contributed by atoms with Gasteiger partial charge in [0.1, 0.15) is 10.7 Å². The van der Waals surface area contributed by atoms with Crippen LogP contribution in [0.4, 0.5) is 5.69 Å². The number of nitrogens with one attached hydrogen (secondary N) is 1. The summed E-state index contributed by atoms with van der Waals surface area (Å²) in [4.78, 5) is 19.2. The standard InChI is InChI=1S/C19H24N4O3S2/c1-19(2,3)18-20-12-15(27-18)17(24)21-13-7-5-8-14(11-13)28(25,26)22-16-9-6-10-23(16)4/h5,7-8,11-12H,6,9-10H2,1-4H3,(H,21,24)/b22-16+. The highest BCUT2D eigenvalue weighted by Gasteiger charge is 2.22. The number of thiazole rings is 1. The molecule has 1 aliphatic rings. The van der Waals surface area contributed by atoms with Crippen LogP contribution in [0.3, 0.4) is 0 Å². The molecule has 0 bridgehead atoms. The molecule has 0 atom stereocenters. The second-order valence-corrected chi connectivity index (χ2v) is 10.4. The maximum atomic E-state index is 12.6. The lowest BCUT2D eigenvalue weighted by Crippen LogP contribution is -2.20. The molecule has 9 heteroatoms. The summed E-state index contributed by atoms with van der Waals surface area (Å²) < 4.78 is 29.2. The molecule has 1 aliphatic heterocycles. The molecule has 2 aromatic rings. The van der Waals surface area contributed by atoms with E-state index in [0.717, 1.165) is 18.0 Å². The van der Waals surface area contributed by atoms with E-state index >= 15 is 0 Å². The third kappa shape index (κ3) is 4.59. The highest BCUT2D eigenvalue weighted by atomic mass is 32.2. The van der Waals surface area contributed by atoms with E-state index in [2.05, 4.69) is 14.7 Å². The van der Waals surface area contributed by atoms with Crippen molar-refractivity contribution in [2.24, 2.45) is 4.40 Å². The Morgan fingerprint density at radius 1 is 1.32 bits per heavy atom. The number of aromatic nitrogens is 1. The first-order valence-corrected chi connectivity index (χ1v) is 11.2. The predicted molar refractivity (Wildman–Crippen MR) is 112 cm³/mol. The van der Waals surface area contributed by atoms with Gasteiger partial charge in [-0.25, -0.2) is 4.98 Å². The quantitative estimate of drug-likeness (QED) is 0.817. The number of carbonyl (C=O) groups excluding carboxylic acids is 1. The smallest absolute Gasteiger partial charge is 0.284 e. The molecule has 28 heavy (non-hydrogen) atoms.